The lowest BCUT2D eigenvalue weighted by Crippen LogP contribution is -2.49. The van der Waals surface area contributed by atoms with Gasteiger partial charge >= 0.3 is 0 Å². The first-order valence-corrected chi connectivity index (χ1v) is 12.5. The van der Waals surface area contributed by atoms with Crippen molar-refractivity contribution in [1.82, 2.24) is 5.32 Å². The van der Waals surface area contributed by atoms with Crippen molar-refractivity contribution in [2.75, 3.05) is 10.2 Å². The Bertz CT molecular complexity index is 1310. The zero-order valence-corrected chi connectivity index (χ0v) is 20.3. The number of amides is 3. The van der Waals surface area contributed by atoms with E-state index in [2.05, 4.69) is 10.6 Å². The average molecular weight is 501 g/mol. The van der Waals surface area contributed by atoms with Gasteiger partial charge in [-0.25, -0.2) is 4.39 Å². The van der Waals surface area contributed by atoms with Crippen molar-refractivity contribution in [3.8, 4) is 0 Å². The van der Waals surface area contributed by atoms with Gasteiger partial charge in [-0.3, -0.25) is 19.3 Å². The van der Waals surface area contributed by atoms with Gasteiger partial charge in [0.15, 0.2) is 0 Å². The van der Waals surface area contributed by atoms with E-state index in [1.54, 1.807) is 23.1 Å². The summed E-state index contributed by atoms with van der Waals surface area (Å²) in [5.74, 6) is -1.38. The van der Waals surface area contributed by atoms with Crippen LogP contribution in [-0.2, 0) is 4.79 Å². The minimum atomic E-state index is -0.597. The van der Waals surface area contributed by atoms with Crippen LogP contribution in [0.2, 0.25) is 0 Å². The number of hydrogen-bond donors (Lipinski definition) is 3. The normalized spacial score (nSPS) is 21.4. The van der Waals surface area contributed by atoms with E-state index in [4.69, 9.17) is 5.73 Å². The molecule has 0 bridgehead atoms. The summed E-state index contributed by atoms with van der Waals surface area (Å²) in [7, 11) is 0. The molecule has 190 valence electrons. The summed E-state index contributed by atoms with van der Waals surface area (Å²) in [5.41, 5.74) is 8.46. The number of carbonyl (C=O) groups excluding carboxylic acids is 3. The molecule has 4 N–H and O–H groups in total. The number of nitrogens with two attached hydrogens (primary N) is 1. The monoisotopic (exact) mass is 500 g/mol. The van der Waals surface area contributed by atoms with E-state index in [1.165, 1.54) is 24.3 Å². The fraction of sp³-hybridized carbons (Fsp3) is 0.276. The third kappa shape index (κ3) is 5.24. The number of benzene rings is 3. The largest absolute Gasteiger partial charge is 0.348 e. The topological polar surface area (TPSA) is 105 Å². The number of hydrogen-bond acceptors (Lipinski definition) is 4. The van der Waals surface area contributed by atoms with Gasteiger partial charge in [0.05, 0.1) is 23.8 Å². The molecule has 3 aromatic carbocycles. The minimum absolute atomic E-state index is 0.0179. The molecule has 0 aromatic heterocycles. The van der Waals surface area contributed by atoms with Crippen LogP contribution >= 0.6 is 0 Å². The molecule has 3 unspecified atom stereocenters. The van der Waals surface area contributed by atoms with Gasteiger partial charge < -0.3 is 16.4 Å². The van der Waals surface area contributed by atoms with Gasteiger partial charge in [-0.15, -0.1) is 0 Å². The van der Waals surface area contributed by atoms with E-state index >= 15 is 0 Å². The highest BCUT2D eigenvalue weighted by Gasteiger charge is 2.34. The summed E-state index contributed by atoms with van der Waals surface area (Å²) in [6.07, 6.45) is 3.78. The maximum atomic E-state index is 13.8. The third-order valence-corrected chi connectivity index (χ3v) is 7.11. The molecule has 0 spiro atoms. The summed E-state index contributed by atoms with van der Waals surface area (Å²) < 4.78 is 13.6. The predicted octanol–water partition coefficient (Wildman–Crippen LogP) is 4.56. The fourth-order valence-corrected chi connectivity index (χ4v) is 5.14. The predicted molar refractivity (Wildman–Crippen MR) is 140 cm³/mol. The molecule has 2 aliphatic rings. The highest BCUT2D eigenvalue weighted by molar-refractivity contribution is 6.12. The molecule has 8 heteroatoms. The number of carbonyl (C=O) groups is 3. The second-order valence-corrected chi connectivity index (χ2v) is 9.62. The van der Waals surface area contributed by atoms with Gasteiger partial charge in [-0.1, -0.05) is 43.2 Å². The van der Waals surface area contributed by atoms with E-state index in [0.29, 0.717) is 16.9 Å². The Morgan fingerprint density at radius 3 is 2.38 bits per heavy atom. The summed E-state index contributed by atoms with van der Waals surface area (Å²) in [6, 6.07) is 18.7. The van der Waals surface area contributed by atoms with Crippen LogP contribution in [0, 0.1) is 5.82 Å². The second-order valence-electron chi connectivity index (χ2n) is 9.62. The van der Waals surface area contributed by atoms with Gasteiger partial charge in [0.25, 0.3) is 11.8 Å². The second kappa shape index (κ2) is 10.5. The van der Waals surface area contributed by atoms with E-state index < -0.39 is 11.9 Å². The van der Waals surface area contributed by atoms with Gasteiger partial charge in [0.2, 0.25) is 5.91 Å². The van der Waals surface area contributed by atoms with E-state index in [9.17, 15) is 18.8 Å². The minimum Gasteiger partial charge on any atom is -0.348 e. The number of rotatable bonds is 4. The Morgan fingerprint density at radius 2 is 1.65 bits per heavy atom. The van der Waals surface area contributed by atoms with Crippen molar-refractivity contribution in [3.05, 3.63) is 95.3 Å². The molecule has 0 radical (unpaired) electrons. The Hall–Kier alpha value is -4.04. The fourth-order valence-electron chi connectivity index (χ4n) is 5.14. The van der Waals surface area contributed by atoms with Crippen LogP contribution < -0.4 is 21.3 Å². The lowest BCUT2D eigenvalue weighted by Gasteiger charge is -2.31. The maximum absolute atomic E-state index is 13.8. The lowest BCUT2D eigenvalue weighted by atomic mass is 9.91. The van der Waals surface area contributed by atoms with Crippen LogP contribution in [-0.4, -0.2) is 29.8 Å². The first-order chi connectivity index (χ1) is 17.9. The molecule has 5 rings (SSSR count). The molecule has 0 saturated heterocycles. The molecule has 3 aromatic rings. The molecule has 37 heavy (non-hydrogen) atoms. The van der Waals surface area contributed by atoms with Crippen LogP contribution in [0.4, 0.5) is 15.8 Å². The summed E-state index contributed by atoms with van der Waals surface area (Å²) in [6.45, 7) is 0. The zero-order valence-electron chi connectivity index (χ0n) is 20.3. The van der Waals surface area contributed by atoms with E-state index in [1.807, 2.05) is 30.3 Å². The molecule has 1 heterocycles. The standard InChI is InChI=1S/C29H29FN4O3/c30-21-13-10-19(11-14-21)29(37)34-25-15-12-20(28(36)33-23-9-5-4-8-22(23)31)16-24(25)32-27(35)17-26(34)18-6-2-1-3-7-18/h1-3,6-7,10-16,22-23,26H,4-5,8-9,17,31H2,(H,32,35)(H,33,36). The average Bonchev–Trinajstić information content (AvgIpc) is 3.05. The van der Waals surface area contributed by atoms with Crippen molar-refractivity contribution in [1.29, 1.82) is 0 Å². The Balaban J connectivity index is 1.54. The van der Waals surface area contributed by atoms with Gasteiger partial charge in [-0.05, 0) is 60.9 Å². The van der Waals surface area contributed by atoms with Crippen molar-refractivity contribution >= 4 is 29.1 Å². The molecular weight excluding hydrogens is 471 g/mol. The number of nitrogens with one attached hydrogen (secondary N) is 2. The number of anilines is 2. The molecule has 1 fully saturated rings. The third-order valence-electron chi connectivity index (χ3n) is 7.11. The number of nitrogens with zero attached hydrogens (tertiary/aromatic N) is 1. The molecule has 1 aliphatic carbocycles. The number of fused-ring (bicyclic) bond motifs is 1. The van der Waals surface area contributed by atoms with Crippen LogP contribution in [0.5, 0.6) is 0 Å². The van der Waals surface area contributed by atoms with Gasteiger partial charge in [0, 0.05) is 23.2 Å². The van der Waals surface area contributed by atoms with Crippen LogP contribution in [0.3, 0.4) is 0 Å². The highest BCUT2D eigenvalue weighted by atomic mass is 19.1. The van der Waals surface area contributed by atoms with Crippen molar-refractivity contribution in [3.63, 3.8) is 0 Å². The Kier molecular flexibility index (Phi) is 7.01. The lowest BCUT2D eigenvalue weighted by molar-refractivity contribution is -0.116. The van der Waals surface area contributed by atoms with Crippen molar-refractivity contribution in [2.45, 2.75) is 50.2 Å². The quantitative estimate of drug-likeness (QED) is 0.489. The van der Waals surface area contributed by atoms with Crippen LogP contribution in [0.1, 0.15) is 64.4 Å². The van der Waals surface area contributed by atoms with E-state index in [-0.39, 0.29) is 41.8 Å². The van der Waals surface area contributed by atoms with Gasteiger partial charge in [0.1, 0.15) is 5.82 Å². The maximum Gasteiger partial charge on any atom is 0.258 e. The summed E-state index contributed by atoms with van der Waals surface area (Å²) in [4.78, 5) is 41.4. The SMILES string of the molecule is NC1CCCCC1NC(=O)c1ccc2c(c1)NC(=O)CC(c1ccccc1)N2C(=O)c1ccc(F)cc1. The van der Waals surface area contributed by atoms with Crippen LogP contribution in [0.15, 0.2) is 72.8 Å². The zero-order chi connectivity index (χ0) is 25.9. The van der Waals surface area contributed by atoms with Crippen molar-refractivity contribution in [2.24, 2.45) is 5.73 Å². The van der Waals surface area contributed by atoms with E-state index in [0.717, 1.165) is 31.2 Å². The molecular formula is C29H29FN4O3. The van der Waals surface area contributed by atoms with Gasteiger partial charge in [-0.2, -0.15) is 0 Å². The van der Waals surface area contributed by atoms with Crippen LogP contribution in [0.25, 0.3) is 0 Å². The first-order valence-electron chi connectivity index (χ1n) is 12.5. The molecule has 3 amide bonds. The smallest absolute Gasteiger partial charge is 0.258 e. The molecule has 1 saturated carbocycles. The first kappa shape index (κ1) is 24.6. The summed E-state index contributed by atoms with van der Waals surface area (Å²) in [5, 5.41) is 5.90. The highest BCUT2D eigenvalue weighted by Crippen LogP contribution is 2.39. The number of halogens is 1. The molecule has 3 atom stereocenters. The molecule has 1 aliphatic heterocycles. The molecule has 7 nitrogen and oxygen atoms in total. The Morgan fingerprint density at radius 1 is 0.946 bits per heavy atom. The Labute approximate surface area is 214 Å². The van der Waals surface area contributed by atoms with Crippen molar-refractivity contribution < 1.29 is 18.8 Å². The summed E-state index contributed by atoms with van der Waals surface area (Å²) >= 11 is 0.